The van der Waals surface area contributed by atoms with Crippen LogP contribution >= 0.6 is 0 Å². The summed E-state index contributed by atoms with van der Waals surface area (Å²) in [5.41, 5.74) is 3.33. The van der Waals surface area contributed by atoms with E-state index >= 15 is 0 Å². The van der Waals surface area contributed by atoms with Crippen LogP contribution in [0.5, 0.6) is 0 Å². The van der Waals surface area contributed by atoms with Gasteiger partial charge in [-0.15, -0.1) is 0 Å². The van der Waals surface area contributed by atoms with Crippen molar-refractivity contribution in [2.24, 2.45) is 0 Å². The maximum atomic E-state index is 5.96. The van der Waals surface area contributed by atoms with Gasteiger partial charge in [0.15, 0.2) is 0 Å². The average molecular weight is 322 g/mol. The Balaban J connectivity index is 1.89. The van der Waals surface area contributed by atoms with E-state index < -0.39 is 5.79 Å². The molecule has 1 fully saturated rings. The first-order chi connectivity index (χ1) is 10.0. The minimum absolute atomic E-state index is 0.0199. The van der Waals surface area contributed by atoms with Gasteiger partial charge in [0, 0.05) is 0 Å². The Morgan fingerprint density at radius 2 is 1.81 bits per heavy atom. The van der Waals surface area contributed by atoms with Crippen molar-refractivity contribution in [3.8, 4) is 0 Å². The number of hydrogen-bond donors (Lipinski definition) is 0. The second-order valence-corrected chi connectivity index (χ2v) is 6.16. The van der Waals surface area contributed by atoms with Crippen molar-refractivity contribution in [2.75, 3.05) is 7.11 Å². The van der Waals surface area contributed by atoms with E-state index in [1.807, 2.05) is 32.0 Å². The Morgan fingerprint density at radius 1 is 1.14 bits per heavy atom. The van der Waals surface area contributed by atoms with Gasteiger partial charge in [0.1, 0.15) is 0 Å². The molecule has 0 radical (unpaired) electrons. The molecular weight excluding hydrogens is 304 g/mol. The third-order valence-corrected chi connectivity index (χ3v) is 4.26. The van der Waals surface area contributed by atoms with E-state index in [4.69, 9.17) is 14.2 Å². The number of fused-ring (bicyclic) bond motifs is 1. The van der Waals surface area contributed by atoms with Crippen LogP contribution in [-0.2, 0) is 30.1 Å². The van der Waals surface area contributed by atoms with Crippen LogP contribution in [0.15, 0.2) is 47.6 Å². The predicted molar refractivity (Wildman–Crippen MR) is 78.3 cm³/mol. The first kappa shape index (κ1) is 14.9. The Labute approximate surface area is 133 Å². The van der Waals surface area contributed by atoms with Crippen LogP contribution in [0.3, 0.4) is 0 Å². The van der Waals surface area contributed by atoms with E-state index in [2.05, 4.69) is 40.1 Å². The summed E-state index contributed by atoms with van der Waals surface area (Å²) in [6.45, 7) is 3.88. The van der Waals surface area contributed by atoms with Gasteiger partial charge in [-0.3, -0.25) is 0 Å². The van der Waals surface area contributed by atoms with Crippen LogP contribution in [0.4, 0.5) is 0 Å². The zero-order valence-corrected chi connectivity index (χ0v) is 13.6. The molecule has 1 aliphatic carbocycles. The molecule has 0 bridgehead atoms. The fraction of sp³-hybridized carbons (Fsp3) is 0.353. The molecule has 0 aromatic heterocycles. The summed E-state index contributed by atoms with van der Waals surface area (Å²) in [5, 5.41) is 0. The Morgan fingerprint density at radius 3 is 2.48 bits per heavy atom. The molecule has 1 heterocycles. The second-order valence-electron chi connectivity index (χ2n) is 5.58. The second kappa shape index (κ2) is 5.64. The van der Waals surface area contributed by atoms with Crippen molar-refractivity contribution in [1.82, 2.24) is 0 Å². The van der Waals surface area contributed by atoms with Gasteiger partial charge in [0.25, 0.3) is 0 Å². The topological polar surface area (TPSA) is 27.7 Å². The Bertz CT molecular complexity index is 616. The molecule has 1 aromatic rings. The third-order valence-electron chi connectivity index (χ3n) is 3.66. The Hall–Kier alpha value is -1.02. The van der Waals surface area contributed by atoms with Gasteiger partial charge in [-0.1, -0.05) is 0 Å². The van der Waals surface area contributed by atoms with Crippen molar-refractivity contribution in [3.05, 3.63) is 53.1 Å². The van der Waals surface area contributed by atoms with Gasteiger partial charge in [0.2, 0.25) is 0 Å². The summed E-state index contributed by atoms with van der Waals surface area (Å²) in [4.78, 5) is 0. The number of ether oxygens (including phenoxy) is 3. The third kappa shape index (κ3) is 2.83. The summed E-state index contributed by atoms with van der Waals surface area (Å²) in [5.74, 6) is -0.559. The number of rotatable bonds is 4. The molecule has 4 heteroatoms. The average Bonchev–Trinajstić information content (AvgIpc) is 2.73. The monoisotopic (exact) mass is 322 g/mol. The SMILES string of the molecule is CO[C](=[Cr])C1=C(/C=C/c2ccccc2)[C@H]2OC(C)(C)O[C@@H]12. The van der Waals surface area contributed by atoms with Gasteiger partial charge >= 0.3 is 133 Å². The molecule has 1 aromatic carbocycles. The van der Waals surface area contributed by atoms with Crippen LogP contribution in [0.1, 0.15) is 19.4 Å². The zero-order valence-electron chi connectivity index (χ0n) is 12.3. The van der Waals surface area contributed by atoms with E-state index in [1.54, 1.807) is 7.11 Å². The minimum atomic E-state index is -0.559. The van der Waals surface area contributed by atoms with E-state index in [0.717, 1.165) is 21.3 Å². The molecule has 0 amide bonds. The fourth-order valence-corrected chi connectivity index (χ4v) is 3.07. The molecule has 0 spiro atoms. The number of hydrogen-bond acceptors (Lipinski definition) is 3. The molecule has 1 saturated heterocycles. The van der Waals surface area contributed by atoms with Crippen LogP contribution in [0, 0.1) is 0 Å². The van der Waals surface area contributed by atoms with Gasteiger partial charge < -0.3 is 0 Å². The predicted octanol–water partition coefficient (Wildman–Crippen LogP) is 2.85. The molecule has 0 unspecified atom stereocenters. The van der Waals surface area contributed by atoms with Crippen LogP contribution in [0.2, 0.25) is 0 Å². The zero-order chi connectivity index (χ0) is 15.0. The fourth-order valence-electron chi connectivity index (χ4n) is 2.70. The van der Waals surface area contributed by atoms with Gasteiger partial charge in [-0.05, 0) is 0 Å². The first-order valence-electron chi connectivity index (χ1n) is 6.93. The molecule has 1 aliphatic heterocycles. The number of methoxy groups -OCH3 is 1. The van der Waals surface area contributed by atoms with E-state index in [-0.39, 0.29) is 12.2 Å². The maximum absolute atomic E-state index is 5.96. The van der Waals surface area contributed by atoms with Crippen molar-refractivity contribution >= 4 is 10.6 Å². The summed E-state index contributed by atoms with van der Waals surface area (Å²) in [7, 11) is 1.66. The van der Waals surface area contributed by atoms with Gasteiger partial charge in [0.05, 0.1) is 0 Å². The van der Waals surface area contributed by atoms with Gasteiger partial charge in [-0.2, -0.15) is 0 Å². The Kier molecular flexibility index (Phi) is 4.00. The summed E-state index contributed by atoms with van der Waals surface area (Å²) < 4.78 is 18.0. The number of benzene rings is 1. The molecular formula is C17H18CrO3. The van der Waals surface area contributed by atoms with Crippen molar-refractivity contribution in [2.45, 2.75) is 31.8 Å². The summed E-state index contributed by atoms with van der Waals surface area (Å²) in [6.07, 6.45) is 4.11. The van der Waals surface area contributed by atoms with Crippen molar-refractivity contribution in [3.63, 3.8) is 0 Å². The summed E-state index contributed by atoms with van der Waals surface area (Å²) >= 11 is 2.96. The van der Waals surface area contributed by atoms with Crippen molar-refractivity contribution < 1.29 is 30.1 Å². The molecule has 3 rings (SSSR count). The van der Waals surface area contributed by atoms with Gasteiger partial charge in [-0.25, -0.2) is 0 Å². The molecule has 2 aliphatic rings. The molecule has 3 nitrogen and oxygen atoms in total. The summed E-state index contributed by atoms with van der Waals surface area (Å²) in [6, 6.07) is 10.2. The van der Waals surface area contributed by atoms with E-state index in [1.165, 1.54) is 0 Å². The molecule has 0 saturated carbocycles. The van der Waals surface area contributed by atoms with E-state index in [9.17, 15) is 0 Å². The van der Waals surface area contributed by atoms with Crippen LogP contribution in [0.25, 0.3) is 6.08 Å². The molecule has 21 heavy (non-hydrogen) atoms. The molecule has 2 atom stereocenters. The quantitative estimate of drug-likeness (QED) is 0.853. The van der Waals surface area contributed by atoms with Crippen LogP contribution in [-0.4, -0.2) is 29.7 Å². The molecule has 0 N–H and O–H groups in total. The standard InChI is InChI=1S/C17H18O3.Cr/c1-17(2)19-15-13(14(11-18-3)16(15)20-17)10-9-12-7-5-4-6-8-12;/h4-10,15-16H,1-3H3;/b10-9+;/t15-,16+;/m1./s1. The normalized spacial score (nSPS) is 26.8. The van der Waals surface area contributed by atoms with Crippen molar-refractivity contribution in [1.29, 1.82) is 0 Å². The van der Waals surface area contributed by atoms with Crippen LogP contribution < -0.4 is 0 Å². The molecule has 110 valence electrons. The first-order valence-corrected chi connectivity index (χ1v) is 7.57. The van der Waals surface area contributed by atoms with E-state index in [0.29, 0.717) is 0 Å².